The summed E-state index contributed by atoms with van der Waals surface area (Å²) in [6.07, 6.45) is 23.3. The van der Waals surface area contributed by atoms with E-state index in [1.54, 1.807) is 0 Å². The van der Waals surface area contributed by atoms with Crippen molar-refractivity contribution in [1.29, 1.82) is 5.26 Å². The first kappa shape index (κ1) is 23.2. The van der Waals surface area contributed by atoms with Crippen molar-refractivity contribution in [3.8, 4) is 6.07 Å². The molecular formula is C25H43NO2. The normalized spacial score (nSPS) is 29.0. The van der Waals surface area contributed by atoms with Gasteiger partial charge in [0.15, 0.2) is 0 Å². The predicted molar refractivity (Wildman–Crippen MR) is 115 cm³/mol. The number of carboxylic acids is 1. The molecule has 4 aliphatic carbocycles. The lowest BCUT2D eigenvalue weighted by Crippen LogP contribution is -2.32. The Kier molecular flexibility index (Phi) is 8.84. The minimum Gasteiger partial charge on any atom is -0.481 e. The number of aliphatic carboxylic acids is 1. The van der Waals surface area contributed by atoms with Gasteiger partial charge in [0.05, 0.1) is 12.0 Å². The Hall–Kier alpha value is -1.04. The first-order valence-electron chi connectivity index (χ1n) is 11.7. The van der Waals surface area contributed by atoms with E-state index in [1.165, 1.54) is 103 Å². The van der Waals surface area contributed by atoms with Crippen LogP contribution in [0.1, 0.15) is 123 Å². The molecule has 0 bridgehead atoms. The largest absolute Gasteiger partial charge is 0.481 e. The number of nitrogens with zero attached hydrogens (tertiary/aromatic N) is 1. The summed E-state index contributed by atoms with van der Waals surface area (Å²) in [5.74, 6) is -0.231. The van der Waals surface area contributed by atoms with Gasteiger partial charge < -0.3 is 5.11 Å². The molecule has 0 aromatic heterocycles. The van der Waals surface area contributed by atoms with Crippen LogP contribution in [-0.2, 0) is 4.79 Å². The minimum absolute atomic E-state index is 0. The number of carbonyl (C=O) groups is 1. The third-order valence-corrected chi connectivity index (χ3v) is 8.45. The molecule has 4 fully saturated rings. The molecule has 0 atom stereocenters. The molecule has 2 spiro atoms. The summed E-state index contributed by atoms with van der Waals surface area (Å²) in [4.78, 5) is 10.8. The van der Waals surface area contributed by atoms with Crippen molar-refractivity contribution in [2.45, 2.75) is 123 Å². The van der Waals surface area contributed by atoms with Crippen molar-refractivity contribution in [3.05, 3.63) is 0 Å². The fourth-order valence-electron chi connectivity index (χ4n) is 6.44. The number of carboxylic acid groups (broad SMARTS) is 1. The lowest BCUT2D eigenvalue weighted by atomic mass is 9.63. The summed E-state index contributed by atoms with van der Waals surface area (Å²) in [6, 6.07) is 2.43. The second kappa shape index (κ2) is 10.7. The second-order valence-electron chi connectivity index (χ2n) is 10.1. The molecule has 4 aliphatic rings. The third-order valence-electron chi connectivity index (χ3n) is 8.45. The molecule has 0 amide bonds. The Morgan fingerprint density at radius 1 is 0.714 bits per heavy atom. The Morgan fingerprint density at radius 2 is 1.11 bits per heavy atom. The number of nitriles is 1. The lowest BCUT2D eigenvalue weighted by Gasteiger charge is -2.42. The van der Waals surface area contributed by atoms with E-state index in [-0.39, 0.29) is 13.3 Å². The molecular weight excluding hydrogens is 346 g/mol. The zero-order valence-electron chi connectivity index (χ0n) is 17.2. The molecule has 0 aliphatic heterocycles. The van der Waals surface area contributed by atoms with Crippen molar-refractivity contribution in [2.75, 3.05) is 0 Å². The average molecular weight is 390 g/mol. The van der Waals surface area contributed by atoms with Gasteiger partial charge in [-0.3, -0.25) is 4.79 Å². The van der Waals surface area contributed by atoms with Crippen LogP contribution in [0.3, 0.4) is 0 Å². The molecule has 3 heteroatoms. The van der Waals surface area contributed by atoms with Crippen LogP contribution in [0.4, 0.5) is 0 Å². The van der Waals surface area contributed by atoms with E-state index in [9.17, 15) is 4.79 Å². The van der Waals surface area contributed by atoms with E-state index in [0.717, 1.165) is 12.8 Å². The molecule has 0 radical (unpaired) electrons. The number of hydrogen-bond acceptors (Lipinski definition) is 2. The monoisotopic (exact) mass is 389 g/mol. The van der Waals surface area contributed by atoms with Crippen molar-refractivity contribution in [2.24, 2.45) is 22.7 Å². The maximum Gasteiger partial charge on any atom is 0.306 e. The molecule has 0 saturated heterocycles. The SMILES string of the molecule is C.N#CC1CCC2(CCCCC2)CC1.O=C(O)C1CCC2(CCCCC2)CC1. The van der Waals surface area contributed by atoms with Crippen molar-refractivity contribution in [3.63, 3.8) is 0 Å². The van der Waals surface area contributed by atoms with Gasteiger partial charge in [0.25, 0.3) is 0 Å². The van der Waals surface area contributed by atoms with Gasteiger partial charge in [-0.05, 0) is 87.9 Å². The average Bonchev–Trinajstić information content (AvgIpc) is 2.71. The first-order chi connectivity index (χ1) is 13.1. The molecule has 0 aromatic rings. The van der Waals surface area contributed by atoms with Gasteiger partial charge in [0.1, 0.15) is 0 Å². The predicted octanol–water partition coefficient (Wildman–Crippen LogP) is 7.50. The van der Waals surface area contributed by atoms with Crippen molar-refractivity contribution < 1.29 is 9.90 Å². The molecule has 0 aromatic carbocycles. The summed E-state index contributed by atoms with van der Waals surface area (Å²) in [5.41, 5.74) is 1.25. The molecule has 0 heterocycles. The van der Waals surface area contributed by atoms with Gasteiger partial charge in [0, 0.05) is 5.92 Å². The highest BCUT2D eigenvalue weighted by Crippen LogP contribution is 2.49. The van der Waals surface area contributed by atoms with Crippen LogP contribution in [0.25, 0.3) is 0 Å². The minimum atomic E-state index is -0.573. The quantitative estimate of drug-likeness (QED) is 0.505. The Morgan fingerprint density at radius 3 is 1.46 bits per heavy atom. The van der Waals surface area contributed by atoms with Crippen molar-refractivity contribution in [1.82, 2.24) is 0 Å². The Balaban J connectivity index is 0.000000194. The smallest absolute Gasteiger partial charge is 0.306 e. The van der Waals surface area contributed by atoms with E-state index < -0.39 is 5.97 Å². The van der Waals surface area contributed by atoms with Crippen LogP contribution in [-0.4, -0.2) is 11.1 Å². The van der Waals surface area contributed by atoms with Gasteiger partial charge in [-0.25, -0.2) is 0 Å². The van der Waals surface area contributed by atoms with Crippen LogP contribution >= 0.6 is 0 Å². The fourth-order valence-corrected chi connectivity index (χ4v) is 6.44. The van der Waals surface area contributed by atoms with Crippen LogP contribution in [0, 0.1) is 34.0 Å². The van der Waals surface area contributed by atoms with E-state index in [2.05, 4.69) is 6.07 Å². The lowest BCUT2D eigenvalue weighted by molar-refractivity contribution is -0.143. The number of hydrogen-bond donors (Lipinski definition) is 1. The van der Waals surface area contributed by atoms with Crippen LogP contribution in [0.2, 0.25) is 0 Å². The summed E-state index contributed by atoms with van der Waals surface area (Å²) >= 11 is 0. The zero-order valence-corrected chi connectivity index (χ0v) is 17.2. The summed E-state index contributed by atoms with van der Waals surface area (Å²) in [7, 11) is 0. The fraction of sp³-hybridized carbons (Fsp3) is 0.920. The van der Waals surface area contributed by atoms with E-state index in [4.69, 9.17) is 10.4 Å². The van der Waals surface area contributed by atoms with E-state index in [1.807, 2.05) is 0 Å². The molecule has 1 N–H and O–H groups in total. The van der Waals surface area contributed by atoms with E-state index in [0.29, 0.717) is 16.7 Å². The molecule has 160 valence electrons. The molecule has 3 nitrogen and oxygen atoms in total. The standard InChI is InChI=1S/C12H19N.C12H20O2.CH4/c13-10-11-4-8-12(9-5-11)6-2-1-3-7-12;13-11(14)10-4-8-12(9-5-10)6-2-1-3-7-12;/h11H,1-9H2;10H,1-9H2,(H,13,14);1H4. The highest BCUT2D eigenvalue weighted by atomic mass is 16.4. The van der Waals surface area contributed by atoms with Crippen LogP contribution in [0.5, 0.6) is 0 Å². The maximum absolute atomic E-state index is 10.8. The third kappa shape index (κ3) is 5.98. The molecule has 0 unspecified atom stereocenters. The van der Waals surface area contributed by atoms with Gasteiger partial charge >= 0.3 is 5.97 Å². The zero-order chi connectivity index (χ0) is 19.2. The Bertz CT molecular complexity index is 503. The maximum atomic E-state index is 10.8. The highest BCUT2D eigenvalue weighted by molar-refractivity contribution is 5.70. The molecule has 4 saturated carbocycles. The molecule has 4 rings (SSSR count). The van der Waals surface area contributed by atoms with Gasteiger partial charge in [-0.1, -0.05) is 46.0 Å². The van der Waals surface area contributed by atoms with Gasteiger partial charge in [0.2, 0.25) is 0 Å². The summed E-state index contributed by atoms with van der Waals surface area (Å²) in [5, 5.41) is 17.8. The topological polar surface area (TPSA) is 61.1 Å². The van der Waals surface area contributed by atoms with E-state index >= 15 is 0 Å². The van der Waals surface area contributed by atoms with Crippen molar-refractivity contribution >= 4 is 5.97 Å². The van der Waals surface area contributed by atoms with Crippen LogP contribution < -0.4 is 0 Å². The summed E-state index contributed by atoms with van der Waals surface area (Å²) < 4.78 is 0. The summed E-state index contributed by atoms with van der Waals surface area (Å²) in [6.45, 7) is 0. The molecule has 28 heavy (non-hydrogen) atoms. The van der Waals surface area contributed by atoms with Gasteiger partial charge in [-0.2, -0.15) is 5.26 Å². The number of rotatable bonds is 1. The van der Waals surface area contributed by atoms with Crippen LogP contribution in [0.15, 0.2) is 0 Å². The Labute approximate surface area is 173 Å². The first-order valence-corrected chi connectivity index (χ1v) is 11.7. The second-order valence-corrected chi connectivity index (χ2v) is 10.1. The van der Waals surface area contributed by atoms with Gasteiger partial charge in [-0.15, -0.1) is 0 Å². The highest BCUT2D eigenvalue weighted by Gasteiger charge is 2.38.